The fraction of sp³-hybridized carbons (Fsp3) is 0.818. The highest BCUT2D eigenvalue weighted by atomic mass is 16.5. The fourth-order valence-corrected chi connectivity index (χ4v) is 1.93. The average molecular weight is 199 g/mol. The van der Waals surface area contributed by atoms with E-state index < -0.39 is 0 Å². The van der Waals surface area contributed by atoms with Gasteiger partial charge >= 0.3 is 5.97 Å². The summed E-state index contributed by atoms with van der Waals surface area (Å²) in [5.74, 6) is 1.45. The van der Waals surface area contributed by atoms with Gasteiger partial charge in [-0.05, 0) is 44.9 Å². The van der Waals surface area contributed by atoms with Crippen LogP contribution < -0.4 is 0 Å². The topological polar surface area (TPSA) is 46.5 Å². The molecule has 0 spiro atoms. The van der Waals surface area contributed by atoms with E-state index in [0.29, 0.717) is 6.61 Å². The number of aliphatic hydroxyl groups excluding tert-OH is 1. The number of rotatable bonds is 4. The summed E-state index contributed by atoms with van der Waals surface area (Å²) in [5.41, 5.74) is 0. The summed E-state index contributed by atoms with van der Waals surface area (Å²) in [6, 6.07) is 0. The standard InChI is InChI=1S/C11H19O3/c1-2-14-11(13)10-5-3-9(4-6-10)7-8-12/h10,12H,2-8H2,1H3. The molecule has 1 radical (unpaired) electrons. The Labute approximate surface area is 85.5 Å². The summed E-state index contributed by atoms with van der Waals surface area (Å²) in [4.78, 5) is 11.4. The molecule has 1 aliphatic rings. The van der Waals surface area contributed by atoms with Crippen molar-refractivity contribution in [1.29, 1.82) is 0 Å². The van der Waals surface area contributed by atoms with Crippen LogP contribution in [0.4, 0.5) is 0 Å². The van der Waals surface area contributed by atoms with Crippen molar-refractivity contribution in [3.63, 3.8) is 0 Å². The predicted octanol–water partition coefficient (Wildman–Crippen LogP) is 1.70. The number of ether oxygens (including phenoxy) is 1. The average Bonchev–Trinajstić information content (AvgIpc) is 2.20. The van der Waals surface area contributed by atoms with Crippen molar-refractivity contribution in [2.75, 3.05) is 13.2 Å². The number of hydrogen-bond donors (Lipinski definition) is 1. The molecule has 14 heavy (non-hydrogen) atoms. The molecule has 1 saturated carbocycles. The molecule has 0 aliphatic heterocycles. The van der Waals surface area contributed by atoms with Gasteiger partial charge in [-0.1, -0.05) is 0 Å². The molecule has 81 valence electrons. The third-order valence-electron chi connectivity index (χ3n) is 2.78. The van der Waals surface area contributed by atoms with E-state index in [1.807, 2.05) is 6.92 Å². The second-order valence-electron chi connectivity index (χ2n) is 3.75. The van der Waals surface area contributed by atoms with Crippen molar-refractivity contribution in [1.82, 2.24) is 0 Å². The molecular weight excluding hydrogens is 180 g/mol. The minimum atomic E-state index is -0.0458. The summed E-state index contributed by atoms with van der Waals surface area (Å²) in [7, 11) is 0. The monoisotopic (exact) mass is 199 g/mol. The minimum Gasteiger partial charge on any atom is -0.466 e. The first-order chi connectivity index (χ1) is 6.77. The Morgan fingerprint density at radius 2 is 2.14 bits per heavy atom. The molecule has 1 N–H and O–H groups in total. The summed E-state index contributed by atoms with van der Waals surface area (Å²) in [5, 5.41) is 8.77. The molecular formula is C11H19O3. The van der Waals surface area contributed by atoms with Crippen molar-refractivity contribution in [3.8, 4) is 0 Å². The van der Waals surface area contributed by atoms with E-state index in [4.69, 9.17) is 9.84 Å². The lowest BCUT2D eigenvalue weighted by Gasteiger charge is -2.26. The fourth-order valence-electron chi connectivity index (χ4n) is 1.93. The predicted molar refractivity (Wildman–Crippen MR) is 53.5 cm³/mol. The number of aliphatic hydroxyl groups is 1. The van der Waals surface area contributed by atoms with E-state index in [9.17, 15) is 4.79 Å². The zero-order valence-corrected chi connectivity index (χ0v) is 8.79. The third-order valence-corrected chi connectivity index (χ3v) is 2.78. The molecule has 0 aromatic heterocycles. The van der Waals surface area contributed by atoms with Crippen LogP contribution in [0, 0.1) is 11.8 Å². The zero-order chi connectivity index (χ0) is 10.4. The van der Waals surface area contributed by atoms with Gasteiger partial charge in [0.2, 0.25) is 0 Å². The summed E-state index contributed by atoms with van der Waals surface area (Å²) in [6.45, 7) is 2.55. The van der Waals surface area contributed by atoms with Crippen LogP contribution in [0.3, 0.4) is 0 Å². The molecule has 0 heterocycles. The molecule has 3 heteroatoms. The van der Waals surface area contributed by atoms with Gasteiger partial charge in [0.1, 0.15) is 0 Å². The first-order valence-corrected chi connectivity index (χ1v) is 5.39. The maximum absolute atomic E-state index is 11.4. The van der Waals surface area contributed by atoms with Gasteiger partial charge in [0, 0.05) is 6.61 Å². The van der Waals surface area contributed by atoms with E-state index in [1.54, 1.807) is 0 Å². The van der Waals surface area contributed by atoms with Crippen molar-refractivity contribution in [2.45, 2.75) is 39.0 Å². The Bertz CT molecular complexity index is 171. The van der Waals surface area contributed by atoms with Crippen molar-refractivity contribution < 1.29 is 14.6 Å². The molecule has 1 fully saturated rings. The molecule has 1 aliphatic carbocycles. The maximum Gasteiger partial charge on any atom is 0.308 e. The lowest BCUT2D eigenvalue weighted by Crippen LogP contribution is -2.23. The lowest BCUT2D eigenvalue weighted by molar-refractivity contribution is -0.148. The van der Waals surface area contributed by atoms with Crippen molar-refractivity contribution >= 4 is 5.97 Å². The van der Waals surface area contributed by atoms with E-state index in [-0.39, 0.29) is 18.5 Å². The van der Waals surface area contributed by atoms with Crippen LogP contribution in [0.1, 0.15) is 39.0 Å². The summed E-state index contributed by atoms with van der Waals surface area (Å²) in [6.07, 6.45) is 4.55. The Kier molecular flexibility index (Phi) is 4.94. The van der Waals surface area contributed by atoms with Gasteiger partial charge in [-0.3, -0.25) is 4.79 Å². The Hall–Kier alpha value is -0.570. The van der Waals surface area contributed by atoms with Crippen LogP contribution in [0.5, 0.6) is 0 Å². The number of carbonyl (C=O) groups excluding carboxylic acids is 1. The first-order valence-electron chi connectivity index (χ1n) is 5.39. The summed E-state index contributed by atoms with van der Waals surface area (Å²) >= 11 is 0. The van der Waals surface area contributed by atoms with E-state index in [1.165, 1.54) is 5.92 Å². The number of hydrogen-bond acceptors (Lipinski definition) is 3. The molecule has 1 rings (SSSR count). The van der Waals surface area contributed by atoms with E-state index in [0.717, 1.165) is 32.1 Å². The van der Waals surface area contributed by atoms with Gasteiger partial charge in [0.25, 0.3) is 0 Å². The highest BCUT2D eigenvalue weighted by Gasteiger charge is 2.26. The van der Waals surface area contributed by atoms with Gasteiger partial charge in [0.05, 0.1) is 12.5 Å². The van der Waals surface area contributed by atoms with Crippen molar-refractivity contribution in [2.24, 2.45) is 5.92 Å². The highest BCUT2D eigenvalue weighted by Crippen LogP contribution is 2.32. The van der Waals surface area contributed by atoms with Gasteiger partial charge in [-0.2, -0.15) is 0 Å². The van der Waals surface area contributed by atoms with Crippen molar-refractivity contribution in [3.05, 3.63) is 5.92 Å². The third kappa shape index (κ3) is 3.29. The lowest BCUT2D eigenvalue weighted by atomic mass is 9.81. The van der Waals surface area contributed by atoms with Gasteiger partial charge in [-0.15, -0.1) is 0 Å². The first kappa shape index (κ1) is 11.5. The van der Waals surface area contributed by atoms with Gasteiger partial charge < -0.3 is 9.84 Å². The van der Waals surface area contributed by atoms with Crippen LogP contribution in [0.2, 0.25) is 0 Å². The molecule has 0 aromatic rings. The van der Waals surface area contributed by atoms with Crippen LogP contribution in [0.15, 0.2) is 0 Å². The number of carbonyl (C=O) groups is 1. The van der Waals surface area contributed by atoms with Crippen LogP contribution in [-0.2, 0) is 9.53 Å². The molecule has 3 nitrogen and oxygen atoms in total. The highest BCUT2D eigenvalue weighted by molar-refractivity contribution is 5.72. The molecule has 0 aromatic carbocycles. The Balaban J connectivity index is 2.24. The van der Waals surface area contributed by atoms with Crippen LogP contribution in [-0.4, -0.2) is 24.3 Å². The maximum atomic E-state index is 11.4. The summed E-state index contributed by atoms with van der Waals surface area (Å²) < 4.78 is 4.98. The largest absolute Gasteiger partial charge is 0.466 e. The molecule has 0 unspecified atom stereocenters. The SMILES string of the molecule is CCOC(=O)C1CC[C](CCO)CC1. The van der Waals surface area contributed by atoms with Gasteiger partial charge in [-0.25, -0.2) is 0 Å². The zero-order valence-electron chi connectivity index (χ0n) is 8.79. The molecule has 0 amide bonds. The second-order valence-corrected chi connectivity index (χ2v) is 3.75. The molecule has 0 atom stereocenters. The smallest absolute Gasteiger partial charge is 0.308 e. The van der Waals surface area contributed by atoms with E-state index >= 15 is 0 Å². The van der Waals surface area contributed by atoms with Crippen LogP contribution >= 0.6 is 0 Å². The Morgan fingerprint density at radius 3 is 2.64 bits per heavy atom. The second kappa shape index (κ2) is 6.02. The minimum absolute atomic E-state index is 0.0458. The molecule has 0 bridgehead atoms. The number of esters is 1. The normalized spacial score (nSPS) is 19.6. The van der Waals surface area contributed by atoms with Gasteiger partial charge in [0.15, 0.2) is 0 Å². The van der Waals surface area contributed by atoms with E-state index in [2.05, 4.69) is 0 Å². The van der Waals surface area contributed by atoms with Crippen LogP contribution in [0.25, 0.3) is 0 Å². The molecule has 0 saturated heterocycles. The quantitative estimate of drug-likeness (QED) is 0.701. The Morgan fingerprint density at radius 1 is 1.50 bits per heavy atom.